The van der Waals surface area contributed by atoms with E-state index in [0.29, 0.717) is 5.69 Å². The Labute approximate surface area is 95.1 Å². The second kappa shape index (κ2) is 4.73. The molecule has 0 saturated heterocycles. The van der Waals surface area contributed by atoms with Crippen molar-refractivity contribution in [2.24, 2.45) is 0 Å². The molecular weight excluding hydrogens is 230 g/mol. The molecule has 2 aromatic rings. The van der Waals surface area contributed by atoms with Gasteiger partial charge in [0.1, 0.15) is 0 Å². The molecule has 2 rings (SSSR count). The monoisotopic (exact) mass is 238 g/mol. The largest absolute Gasteiger partial charge is 0.429 e. The number of hydrogen-bond donors (Lipinski definition) is 0. The molecular formula is C11H8F2N2O2. The van der Waals surface area contributed by atoms with E-state index in [9.17, 15) is 13.6 Å². The molecule has 0 bridgehead atoms. The van der Waals surface area contributed by atoms with Gasteiger partial charge in [0, 0.05) is 12.4 Å². The van der Waals surface area contributed by atoms with Crippen LogP contribution in [0, 0.1) is 0 Å². The summed E-state index contributed by atoms with van der Waals surface area (Å²) in [4.78, 5) is 15.6. The van der Waals surface area contributed by atoms with Crippen LogP contribution < -0.4 is 10.3 Å². The standard InChI is InChI=1S/C11H8F2N2O2/c12-11(13)17-9-4-2-6-15(10(9)16)8-3-1-5-14-7-8/h1-7,11H. The first-order valence-electron chi connectivity index (χ1n) is 4.75. The normalized spacial score (nSPS) is 10.5. The van der Waals surface area contributed by atoms with E-state index in [-0.39, 0.29) is 0 Å². The van der Waals surface area contributed by atoms with E-state index < -0.39 is 17.9 Å². The molecule has 0 aliphatic heterocycles. The van der Waals surface area contributed by atoms with Crippen molar-refractivity contribution in [2.45, 2.75) is 6.61 Å². The lowest BCUT2D eigenvalue weighted by Gasteiger charge is -2.08. The van der Waals surface area contributed by atoms with E-state index in [2.05, 4.69) is 9.72 Å². The number of nitrogens with zero attached hydrogens (tertiary/aromatic N) is 2. The topological polar surface area (TPSA) is 44.1 Å². The molecule has 2 aromatic heterocycles. The average Bonchev–Trinajstić information content (AvgIpc) is 2.32. The fourth-order valence-corrected chi connectivity index (χ4v) is 1.36. The Morgan fingerprint density at radius 2 is 2.12 bits per heavy atom. The summed E-state index contributed by atoms with van der Waals surface area (Å²) >= 11 is 0. The van der Waals surface area contributed by atoms with Crippen molar-refractivity contribution >= 4 is 0 Å². The fourth-order valence-electron chi connectivity index (χ4n) is 1.36. The molecule has 0 fully saturated rings. The van der Waals surface area contributed by atoms with Crippen LogP contribution in [0.15, 0.2) is 47.7 Å². The molecule has 0 atom stereocenters. The number of pyridine rings is 2. The Kier molecular flexibility index (Phi) is 3.13. The van der Waals surface area contributed by atoms with Crippen LogP contribution in [0.2, 0.25) is 0 Å². The molecule has 0 amide bonds. The van der Waals surface area contributed by atoms with Crippen LogP contribution in [-0.2, 0) is 0 Å². The van der Waals surface area contributed by atoms with Crippen LogP contribution in [0.5, 0.6) is 5.75 Å². The van der Waals surface area contributed by atoms with Gasteiger partial charge in [-0.1, -0.05) is 0 Å². The van der Waals surface area contributed by atoms with E-state index in [1.165, 1.54) is 29.1 Å². The van der Waals surface area contributed by atoms with Crippen LogP contribution >= 0.6 is 0 Å². The maximum Gasteiger partial charge on any atom is 0.387 e. The fraction of sp³-hybridized carbons (Fsp3) is 0.0909. The average molecular weight is 238 g/mol. The van der Waals surface area contributed by atoms with Crippen molar-refractivity contribution in [3.63, 3.8) is 0 Å². The Morgan fingerprint density at radius 1 is 1.29 bits per heavy atom. The summed E-state index contributed by atoms with van der Waals surface area (Å²) in [5.41, 5.74) is -0.169. The Morgan fingerprint density at radius 3 is 2.76 bits per heavy atom. The van der Waals surface area contributed by atoms with E-state index in [1.54, 1.807) is 18.3 Å². The summed E-state index contributed by atoms with van der Waals surface area (Å²) in [6, 6.07) is 5.93. The number of hydrogen-bond acceptors (Lipinski definition) is 3. The van der Waals surface area contributed by atoms with Gasteiger partial charge in [0.2, 0.25) is 0 Å². The molecule has 0 saturated carbocycles. The number of aromatic nitrogens is 2. The molecule has 0 spiro atoms. The molecule has 0 aromatic carbocycles. The highest BCUT2D eigenvalue weighted by molar-refractivity contribution is 5.31. The molecule has 0 aliphatic carbocycles. The highest BCUT2D eigenvalue weighted by Crippen LogP contribution is 2.09. The molecule has 6 heteroatoms. The van der Waals surface area contributed by atoms with Gasteiger partial charge in [-0.15, -0.1) is 0 Å². The van der Waals surface area contributed by atoms with Gasteiger partial charge in [-0.05, 0) is 24.3 Å². The van der Waals surface area contributed by atoms with Gasteiger partial charge in [-0.3, -0.25) is 14.3 Å². The minimum Gasteiger partial charge on any atom is -0.429 e. The SMILES string of the molecule is O=c1c(OC(F)F)cccn1-c1cccnc1. The Hall–Kier alpha value is -2.24. The first-order valence-corrected chi connectivity index (χ1v) is 4.75. The van der Waals surface area contributed by atoms with Crippen molar-refractivity contribution in [3.05, 3.63) is 53.2 Å². The zero-order chi connectivity index (χ0) is 12.3. The molecule has 2 heterocycles. The van der Waals surface area contributed by atoms with Crippen LogP contribution in [-0.4, -0.2) is 16.2 Å². The van der Waals surface area contributed by atoms with Gasteiger partial charge in [0.05, 0.1) is 11.9 Å². The molecule has 88 valence electrons. The van der Waals surface area contributed by atoms with Crippen LogP contribution in [0.25, 0.3) is 5.69 Å². The van der Waals surface area contributed by atoms with Crippen LogP contribution in [0.4, 0.5) is 8.78 Å². The van der Waals surface area contributed by atoms with Gasteiger partial charge >= 0.3 is 6.61 Å². The number of alkyl halides is 2. The van der Waals surface area contributed by atoms with Crippen molar-refractivity contribution in [1.29, 1.82) is 0 Å². The van der Waals surface area contributed by atoms with E-state index in [4.69, 9.17) is 0 Å². The summed E-state index contributed by atoms with van der Waals surface area (Å²) in [6.07, 6.45) is 4.46. The van der Waals surface area contributed by atoms with Crippen molar-refractivity contribution < 1.29 is 13.5 Å². The first-order chi connectivity index (χ1) is 8.18. The lowest BCUT2D eigenvalue weighted by Crippen LogP contribution is -2.21. The quantitative estimate of drug-likeness (QED) is 0.819. The van der Waals surface area contributed by atoms with Gasteiger partial charge in [0.15, 0.2) is 5.75 Å². The number of rotatable bonds is 3. The zero-order valence-corrected chi connectivity index (χ0v) is 8.59. The zero-order valence-electron chi connectivity index (χ0n) is 8.59. The molecule has 0 N–H and O–H groups in total. The second-order valence-electron chi connectivity index (χ2n) is 3.14. The smallest absolute Gasteiger partial charge is 0.387 e. The second-order valence-corrected chi connectivity index (χ2v) is 3.14. The lowest BCUT2D eigenvalue weighted by molar-refractivity contribution is -0.0509. The summed E-state index contributed by atoms with van der Waals surface area (Å²) in [5.74, 6) is -0.397. The third-order valence-electron chi connectivity index (χ3n) is 2.05. The number of ether oxygens (including phenoxy) is 1. The minimum absolute atomic E-state index is 0.397. The van der Waals surface area contributed by atoms with Crippen LogP contribution in [0.3, 0.4) is 0 Å². The van der Waals surface area contributed by atoms with Gasteiger partial charge in [0.25, 0.3) is 5.56 Å². The minimum atomic E-state index is -3.02. The predicted molar refractivity (Wildman–Crippen MR) is 56.5 cm³/mol. The van der Waals surface area contributed by atoms with Gasteiger partial charge in [-0.25, -0.2) is 0 Å². The third-order valence-corrected chi connectivity index (χ3v) is 2.05. The Bertz CT molecular complexity index is 555. The van der Waals surface area contributed by atoms with Crippen molar-refractivity contribution in [3.8, 4) is 11.4 Å². The summed E-state index contributed by atoms with van der Waals surface area (Å²) < 4.78 is 29.4. The molecule has 0 unspecified atom stereocenters. The summed E-state index contributed by atoms with van der Waals surface area (Å²) in [5, 5.41) is 0. The highest BCUT2D eigenvalue weighted by atomic mass is 19.3. The predicted octanol–water partition coefficient (Wildman–Crippen LogP) is 1.83. The van der Waals surface area contributed by atoms with E-state index in [1.807, 2.05) is 0 Å². The van der Waals surface area contributed by atoms with Crippen LogP contribution in [0.1, 0.15) is 0 Å². The molecule has 0 radical (unpaired) electrons. The van der Waals surface area contributed by atoms with Crippen molar-refractivity contribution in [2.75, 3.05) is 0 Å². The summed E-state index contributed by atoms with van der Waals surface area (Å²) in [7, 11) is 0. The third kappa shape index (κ3) is 2.47. The summed E-state index contributed by atoms with van der Waals surface area (Å²) in [6.45, 7) is -3.02. The number of halogens is 2. The maximum absolute atomic E-state index is 12.1. The first kappa shape index (κ1) is 11.3. The maximum atomic E-state index is 12.1. The molecule has 0 aliphatic rings. The van der Waals surface area contributed by atoms with Crippen molar-refractivity contribution in [1.82, 2.24) is 9.55 Å². The molecule has 17 heavy (non-hydrogen) atoms. The van der Waals surface area contributed by atoms with E-state index in [0.717, 1.165) is 0 Å². The van der Waals surface area contributed by atoms with Gasteiger partial charge < -0.3 is 4.74 Å². The molecule has 4 nitrogen and oxygen atoms in total. The highest BCUT2D eigenvalue weighted by Gasteiger charge is 2.10. The van der Waals surface area contributed by atoms with E-state index >= 15 is 0 Å². The lowest BCUT2D eigenvalue weighted by atomic mass is 10.3. The van der Waals surface area contributed by atoms with Gasteiger partial charge in [-0.2, -0.15) is 8.78 Å². The Balaban J connectivity index is 2.47.